The van der Waals surface area contributed by atoms with E-state index in [1.54, 1.807) is 11.8 Å². The number of carbonyl (C=O) groups is 1. The van der Waals surface area contributed by atoms with Crippen LogP contribution in [0.25, 0.3) is 0 Å². The lowest BCUT2D eigenvalue weighted by atomic mass is 10.1. The Morgan fingerprint density at radius 1 is 0.833 bits per heavy atom. The fraction of sp³-hybridized carbons (Fsp3) is 0.240. The first-order chi connectivity index (χ1) is 14.7. The lowest BCUT2D eigenvalue weighted by Crippen LogP contribution is -2.44. The monoisotopic (exact) mass is 417 g/mol. The minimum Gasteiger partial charge on any atom is -0.369 e. The van der Waals surface area contributed by atoms with Crippen LogP contribution in [-0.4, -0.2) is 44.0 Å². The number of amides is 1. The molecule has 3 aromatic rings. The SMILES string of the molecule is CN1CCN(c2ccc(NC(=O)[C@@H](Sc3ccccc3)c3ccccc3)cc2)CC1. The van der Waals surface area contributed by atoms with E-state index < -0.39 is 0 Å². The number of piperazine rings is 1. The van der Waals surface area contributed by atoms with Crippen LogP contribution in [0.15, 0.2) is 89.8 Å². The smallest absolute Gasteiger partial charge is 0.242 e. The molecule has 0 aromatic heterocycles. The molecular formula is C25H27N3OS. The summed E-state index contributed by atoms with van der Waals surface area (Å²) in [5.74, 6) is -0.0117. The van der Waals surface area contributed by atoms with Crippen LogP contribution >= 0.6 is 11.8 Å². The average molecular weight is 418 g/mol. The van der Waals surface area contributed by atoms with Gasteiger partial charge in [0.2, 0.25) is 5.91 Å². The molecule has 30 heavy (non-hydrogen) atoms. The number of thioether (sulfide) groups is 1. The Morgan fingerprint density at radius 2 is 1.43 bits per heavy atom. The molecule has 0 bridgehead atoms. The Balaban J connectivity index is 1.47. The van der Waals surface area contributed by atoms with Gasteiger partial charge < -0.3 is 15.1 Å². The number of benzene rings is 3. The number of rotatable bonds is 6. The van der Waals surface area contributed by atoms with Crippen molar-refractivity contribution in [3.05, 3.63) is 90.5 Å². The van der Waals surface area contributed by atoms with E-state index >= 15 is 0 Å². The quantitative estimate of drug-likeness (QED) is 0.578. The number of carbonyl (C=O) groups excluding carboxylic acids is 1. The second-order valence-corrected chi connectivity index (χ2v) is 8.73. The summed E-state index contributed by atoms with van der Waals surface area (Å²) in [6.07, 6.45) is 0. The van der Waals surface area contributed by atoms with Crippen molar-refractivity contribution in [2.45, 2.75) is 10.1 Å². The number of nitrogens with zero attached hydrogens (tertiary/aromatic N) is 2. The molecule has 5 heteroatoms. The highest BCUT2D eigenvalue weighted by Gasteiger charge is 2.22. The first-order valence-corrected chi connectivity index (χ1v) is 11.2. The van der Waals surface area contributed by atoms with Crippen molar-refractivity contribution in [1.29, 1.82) is 0 Å². The van der Waals surface area contributed by atoms with Gasteiger partial charge in [0.15, 0.2) is 0 Å². The van der Waals surface area contributed by atoms with Crippen molar-refractivity contribution in [2.75, 3.05) is 43.4 Å². The summed E-state index contributed by atoms with van der Waals surface area (Å²) >= 11 is 1.57. The fourth-order valence-electron chi connectivity index (χ4n) is 3.56. The van der Waals surface area contributed by atoms with Gasteiger partial charge >= 0.3 is 0 Å². The highest BCUT2D eigenvalue weighted by atomic mass is 32.2. The highest BCUT2D eigenvalue weighted by molar-refractivity contribution is 8.00. The van der Waals surface area contributed by atoms with Crippen LogP contribution in [-0.2, 0) is 4.79 Å². The van der Waals surface area contributed by atoms with Gasteiger partial charge in [-0.1, -0.05) is 48.5 Å². The summed E-state index contributed by atoms with van der Waals surface area (Å²) in [5, 5.41) is 2.80. The van der Waals surface area contributed by atoms with E-state index in [0.717, 1.165) is 42.3 Å². The molecule has 3 aromatic carbocycles. The molecule has 0 spiro atoms. The Morgan fingerprint density at radius 3 is 2.07 bits per heavy atom. The van der Waals surface area contributed by atoms with Crippen LogP contribution in [0.5, 0.6) is 0 Å². The zero-order valence-corrected chi connectivity index (χ0v) is 18.0. The normalized spacial score (nSPS) is 15.6. The Kier molecular flexibility index (Phi) is 6.72. The molecule has 0 aliphatic carbocycles. The zero-order chi connectivity index (χ0) is 20.8. The van der Waals surface area contributed by atoms with Gasteiger partial charge in [0.1, 0.15) is 5.25 Å². The first-order valence-electron chi connectivity index (χ1n) is 10.3. The number of hydrogen-bond donors (Lipinski definition) is 1. The summed E-state index contributed by atoms with van der Waals surface area (Å²) in [4.78, 5) is 19.0. The molecule has 1 aliphatic rings. The minimum atomic E-state index is -0.314. The lowest BCUT2D eigenvalue weighted by Gasteiger charge is -2.34. The molecule has 4 rings (SSSR count). The van der Waals surface area contributed by atoms with E-state index in [-0.39, 0.29) is 11.2 Å². The third-order valence-corrected chi connectivity index (χ3v) is 6.61. The summed E-state index contributed by atoms with van der Waals surface area (Å²) in [7, 11) is 2.16. The second kappa shape index (κ2) is 9.83. The third kappa shape index (κ3) is 5.23. The van der Waals surface area contributed by atoms with Crippen LogP contribution in [0.4, 0.5) is 11.4 Å². The topological polar surface area (TPSA) is 35.6 Å². The van der Waals surface area contributed by atoms with Crippen molar-refractivity contribution in [2.24, 2.45) is 0 Å². The standard InChI is InChI=1S/C25H27N3OS/c1-27-16-18-28(19-17-27)22-14-12-21(13-15-22)26-25(29)24(20-8-4-2-5-9-20)30-23-10-6-3-7-11-23/h2-15,24H,16-19H2,1H3,(H,26,29)/t24-/m0/s1. The molecule has 1 saturated heterocycles. The van der Waals surface area contributed by atoms with Crippen molar-refractivity contribution in [1.82, 2.24) is 4.90 Å². The predicted octanol–water partition coefficient (Wildman–Crippen LogP) is 4.91. The largest absolute Gasteiger partial charge is 0.369 e. The Labute approximate surface area is 182 Å². The van der Waals surface area contributed by atoms with Gasteiger partial charge in [-0.05, 0) is 49.0 Å². The molecule has 0 unspecified atom stereocenters. The Hall–Kier alpha value is -2.76. The van der Waals surface area contributed by atoms with Crippen LogP contribution in [0.3, 0.4) is 0 Å². The van der Waals surface area contributed by atoms with Crippen LogP contribution in [0.1, 0.15) is 10.8 Å². The third-order valence-electron chi connectivity index (χ3n) is 5.34. The number of nitrogens with one attached hydrogen (secondary N) is 1. The van der Waals surface area contributed by atoms with E-state index in [1.165, 1.54) is 5.69 Å². The summed E-state index contributed by atoms with van der Waals surface area (Å²) in [6.45, 7) is 4.22. The molecule has 4 nitrogen and oxygen atoms in total. The predicted molar refractivity (Wildman–Crippen MR) is 126 cm³/mol. The Bertz CT molecular complexity index is 939. The molecule has 154 valence electrons. The number of hydrogen-bond acceptors (Lipinski definition) is 4. The van der Waals surface area contributed by atoms with Crippen molar-refractivity contribution < 1.29 is 4.79 Å². The molecule has 1 fully saturated rings. The summed E-state index contributed by atoms with van der Waals surface area (Å²) in [5.41, 5.74) is 3.03. The van der Waals surface area contributed by atoms with Gasteiger partial charge in [0, 0.05) is 42.4 Å². The minimum absolute atomic E-state index is 0.0117. The van der Waals surface area contributed by atoms with E-state index in [9.17, 15) is 4.79 Å². The van der Waals surface area contributed by atoms with Gasteiger partial charge in [0.25, 0.3) is 0 Å². The molecule has 1 atom stereocenters. The van der Waals surface area contributed by atoms with Crippen molar-refractivity contribution in [3.8, 4) is 0 Å². The molecule has 1 N–H and O–H groups in total. The van der Waals surface area contributed by atoms with Crippen LogP contribution in [0, 0.1) is 0 Å². The second-order valence-electron chi connectivity index (χ2n) is 7.55. The van der Waals surface area contributed by atoms with Gasteiger partial charge in [-0.3, -0.25) is 4.79 Å². The number of likely N-dealkylation sites (N-methyl/N-ethyl adjacent to an activating group) is 1. The van der Waals surface area contributed by atoms with Crippen molar-refractivity contribution >= 4 is 29.0 Å². The average Bonchev–Trinajstić information content (AvgIpc) is 2.80. The molecule has 0 saturated carbocycles. The van der Waals surface area contributed by atoms with Gasteiger partial charge in [-0.25, -0.2) is 0 Å². The van der Waals surface area contributed by atoms with Gasteiger partial charge in [-0.2, -0.15) is 0 Å². The lowest BCUT2D eigenvalue weighted by molar-refractivity contribution is -0.115. The maximum atomic E-state index is 13.2. The first kappa shape index (κ1) is 20.5. The zero-order valence-electron chi connectivity index (χ0n) is 17.2. The molecule has 1 amide bonds. The van der Waals surface area contributed by atoms with Crippen LogP contribution < -0.4 is 10.2 Å². The van der Waals surface area contributed by atoms with Crippen LogP contribution in [0.2, 0.25) is 0 Å². The van der Waals surface area contributed by atoms with E-state index in [1.807, 2.05) is 72.8 Å². The molecular weight excluding hydrogens is 390 g/mol. The molecule has 1 heterocycles. The van der Waals surface area contributed by atoms with Gasteiger partial charge in [-0.15, -0.1) is 11.8 Å². The maximum absolute atomic E-state index is 13.2. The summed E-state index contributed by atoms with van der Waals surface area (Å²) in [6, 6.07) is 28.2. The summed E-state index contributed by atoms with van der Waals surface area (Å²) < 4.78 is 0. The van der Waals surface area contributed by atoms with E-state index in [4.69, 9.17) is 0 Å². The fourth-order valence-corrected chi connectivity index (χ4v) is 4.61. The highest BCUT2D eigenvalue weighted by Crippen LogP contribution is 2.36. The van der Waals surface area contributed by atoms with Gasteiger partial charge in [0.05, 0.1) is 0 Å². The van der Waals surface area contributed by atoms with E-state index in [2.05, 4.69) is 34.3 Å². The molecule has 0 radical (unpaired) electrons. The number of anilines is 2. The maximum Gasteiger partial charge on any atom is 0.242 e. The molecule has 1 aliphatic heterocycles. The van der Waals surface area contributed by atoms with Crippen molar-refractivity contribution in [3.63, 3.8) is 0 Å². The van der Waals surface area contributed by atoms with E-state index in [0.29, 0.717) is 0 Å².